The summed E-state index contributed by atoms with van der Waals surface area (Å²) in [6.45, 7) is -2.79. The maximum atomic E-state index is 10.8. The first-order chi connectivity index (χ1) is 13.8. The van der Waals surface area contributed by atoms with Gasteiger partial charge >= 0.3 is 0 Å². The van der Waals surface area contributed by atoms with Crippen LogP contribution in [-0.2, 0) is 11.8 Å². The molecule has 0 amide bonds. The Hall–Kier alpha value is -1.52. The van der Waals surface area contributed by atoms with Crippen LogP contribution >= 0.6 is 0 Å². The van der Waals surface area contributed by atoms with Crippen molar-refractivity contribution in [3.05, 3.63) is 35.4 Å². The molecule has 4 nitrogen and oxygen atoms in total. The molecule has 2 unspecified atom stereocenters. The summed E-state index contributed by atoms with van der Waals surface area (Å²) < 4.78 is 79.8. The summed E-state index contributed by atoms with van der Waals surface area (Å²) in [7, 11) is 1.31. The van der Waals surface area contributed by atoms with Crippen LogP contribution in [0.15, 0.2) is 24.2 Å². The highest BCUT2D eigenvalue weighted by Crippen LogP contribution is 2.62. The summed E-state index contributed by atoms with van der Waals surface area (Å²) >= 11 is 0. The molecule has 1 fully saturated rings. The molecular weight excluding hydrogens is 278 g/mol. The molecule has 0 saturated carbocycles. The van der Waals surface area contributed by atoms with Crippen molar-refractivity contribution in [3.63, 3.8) is 0 Å². The molecule has 1 aromatic rings. The Labute approximate surface area is 141 Å². The van der Waals surface area contributed by atoms with Crippen LogP contribution in [0.4, 0.5) is 0 Å². The topological polar surface area (TPSA) is 41.9 Å². The van der Waals surface area contributed by atoms with E-state index in [9.17, 15) is 7.85 Å². The minimum Gasteiger partial charge on any atom is -0.493 e. The summed E-state index contributed by atoms with van der Waals surface area (Å²) in [4.78, 5) is 0.967. The molecule has 1 N–H and O–H groups in total. The quantitative estimate of drug-likeness (QED) is 0.799. The van der Waals surface area contributed by atoms with E-state index in [-0.39, 0.29) is 48.5 Å². The van der Waals surface area contributed by atoms with Gasteiger partial charge < -0.3 is 19.5 Å². The van der Waals surface area contributed by atoms with Crippen molar-refractivity contribution in [3.8, 4) is 11.5 Å². The van der Waals surface area contributed by atoms with E-state index in [1.165, 1.54) is 19.3 Å². The third-order valence-electron chi connectivity index (χ3n) is 5.19. The second-order valence-corrected chi connectivity index (χ2v) is 6.08. The maximum Gasteiger partial charge on any atom is 0.165 e. The van der Waals surface area contributed by atoms with Crippen LogP contribution in [0.2, 0.25) is 0 Å². The van der Waals surface area contributed by atoms with E-state index in [1.807, 2.05) is 0 Å². The Morgan fingerprint density at radius 2 is 2.45 bits per heavy atom. The fourth-order valence-corrected chi connectivity index (χ4v) is 4.29. The van der Waals surface area contributed by atoms with Gasteiger partial charge in [0.2, 0.25) is 0 Å². The van der Waals surface area contributed by atoms with Gasteiger partial charge in [-0.3, -0.25) is 0 Å². The highest BCUT2D eigenvalue weighted by molar-refractivity contribution is 5.62. The third kappa shape index (κ3) is 1.28. The second-order valence-electron chi connectivity index (χ2n) is 6.08. The first-order valence-corrected chi connectivity index (χ1v) is 7.35. The van der Waals surface area contributed by atoms with Crippen LogP contribution in [0.1, 0.15) is 28.5 Å². The van der Waals surface area contributed by atoms with Crippen molar-refractivity contribution >= 4 is 0 Å². The van der Waals surface area contributed by atoms with Crippen molar-refractivity contribution in [2.45, 2.75) is 36.5 Å². The highest BCUT2D eigenvalue weighted by atomic mass is 16.5. The SMILES string of the molecule is [2H]c1c([2H])c(OC)c2c3c1C[C@@]1([2H])N(C([2H])([2H])[2H])CC[C@@]34C([2H])(O2)C(O)C=C[C@@]14[2H]. The van der Waals surface area contributed by atoms with Crippen LogP contribution in [0.3, 0.4) is 0 Å². The Morgan fingerprint density at radius 3 is 3.27 bits per heavy atom. The van der Waals surface area contributed by atoms with Gasteiger partial charge in [0.15, 0.2) is 11.5 Å². The lowest BCUT2D eigenvalue weighted by molar-refractivity contribution is -0.0453. The zero-order valence-electron chi connectivity index (χ0n) is 20.1. The summed E-state index contributed by atoms with van der Waals surface area (Å²) in [5.41, 5.74) is -1.07. The molecule has 2 heterocycles. The van der Waals surface area contributed by atoms with E-state index in [0.29, 0.717) is 5.56 Å². The van der Waals surface area contributed by atoms with E-state index in [0.717, 1.165) is 4.90 Å². The predicted molar refractivity (Wildman–Crippen MR) is 82.5 cm³/mol. The Morgan fingerprint density at radius 1 is 1.55 bits per heavy atom. The van der Waals surface area contributed by atoms with Gasteiger partial charge in [-0.2, -0.15) is 0 Å². The average Bonchev–Trinajstić information content (AvgIpc) is 2.90. The van der Waals surface area contributed by atoms with Gasteiger partial charge in [-0.05, 0) is 38.0 Å². The van der Waals surface area contributed by atoms with Crippen molar-refractivity contribution < 1.29 is 25.5 Å². The molecule has 2 bridgehead atoms. The number of hydrogen-bond acceptors (Lipinski definition) is 4. The molecule has 0 aromatic heterocycles. The van der Waals surface area contributed by atoms with E-state index < -0.39 is 36.5 Å². The zero-order valence-corrected chi connectivity index (χ0v) is 12.1. The van der Waals surface area contributed by atoms with E-state index in [2.05, 4.69) is 0 Å². The van der Waals surface area contributed by atoms with E-state index >= 15 is 0 Å². The molecular formula is C18H21NO3. The molecule has 1 spiro atoms. The van der Waals surface area contributed by atoms with E-state index in [4.69, 9.17) is 17.7 Å². The predicted octanol–water partition coefficient (Wildman–Crippen LogP) is 1.50. The molecule has 22 heavy (non-hydrogen) atoms. The van der Waals surface area contributed by atoms with Crippen LogP contribution in [-0.4, -0.2) is 48.8 Å². The molecule has 5 rings (SSSR count). The number of likely N-dealkylation sites (N-methyl/N-ethyl adjacent to an activating group) is 1. The lowest BCUT2D eigenvalue weighted by atomic mass is 9.53. The number of methoxy groups -OCH3 is 1. The van der Waals surface area contributed by atoms with Crippen LogP contribution in [0.5, 0.6) is 11.5 Å². The summed E-state index contributed by atoms with van der Waals surface area (Å²) in [6.07, 6.45) is -1.38. The normalized spacial score (nSPS) is 56.9. The van der Waals surface area contributed by atoms with Gasteiger partial charge in [0.05, 0.1) is 11.2 Å². The standard InChI is InChI=1S/C18H21NO3/c1-19-8-7-18-11-4-5-13(20)17(18)22-16-14(21-2)6-3-10(15(16)18)9-12(11)19/h3-6,11-13,17,20H,7-9H2,1-2H3/t11-,12+,13?,17?,18-/m0/s1/i1D3,3D,6D,11D,12D,17D. The number of rotatable bonds is 1. The molecule has 2 aliphatic heterocycles. The molecule has 5 atom stereocenters. The second kappa shape index (κ2) is 4.06. The van der Waals surface area contributed by atoms with Crippen LogP contribution < -0.4 is 9.47 Å². The monoisotopic (exact) mass is 307 g/mol. The lowest BCUT2D eigenvalue weighted by Crippen LogP contribution is -2.64. The average molecular weight is 307 g/mol. The number of benzene rings is 1. The van der Waals surface area contributed by atoms with E-state index in [1.54, 1.807) is 0 Å². The number of nitrogens with zero attached hydrogens (tertiary/aromatic N) is 1. The third-order valence-corrected chi connectivity index (χ3v) is 5.19. The Balaban J connectivity index is 1.95. The van der Waals surface area contributed by atoms with Gasteiger partial charge in [0.25, 0.3) is 0 Å². The number of likely N-dealkylation sites (tertiary alicyclic amines) is 1. The molecule has 4 aliphatic rings. The zero-order chi connectivity index (χ0) is 22.1. The number of hydrogen-bond donors (Lipinski definition) is 1. The Bertz CT molecular complexity index is 1010. The summed E-state index contributed by atoms with van der Waals surface area (Å²) in [5.74, 6) is -1.97. The smallest absolute Gasteiger partial charge is 0.165 e. The van der Waals surface area contributed by atoms with Gasteiger partial charge in [-0.1, -0.05) is 18.2 Å². The van der Waals surface area contributed by atoms with Gasteiger partial charge in [-0.25, -0.2) is 0 Å². The number of ether oxygens (including phenoxy) is 2. The molecule has 1 saturated heterocycles. The first kappa shape index (κ1) is 7.37. The van der Waals surface area contributed by atoms with Gasteiger partial charge in [0.1, 0.15) is 12.2 Å². The van der Waals surface area contributed by atoms with Crippen molar-refractivity contribution in [1.82, 2.24) is 4.90 Å². The lowest BCUT2D eigenvalue weighted by Gasteiger charge is -2.56. The first-order valence-electron chi connectivity index (χ1n) is 11.3. The minimum atomic E-state index is -2.68. The fourth-order valence-electron chi connectivity index (χ4n) is 4.29. The fraction of sp³-hybridized carbons (Fsp3) is 0.556. The molecule has 4 heteroatoms. The Kier molecular flexibility index (Phi) is 1.36. The molecule has 2 aliphatic carbocycles. The number of piperidine rings is 1. The maximum absolute atomic E-state index is 10.8. The summed E-state index contributed by atoms with van der Waals surface area (Å²) in [5, 5.41) is 10.8. The molecule has 0 radical (unpaired) electrons. The largest absolute Gasteiger partial charge is 0.493 e. The van der Waals surface area contributed by atoms with Crippen molar-refractivity contribution in [1.29, 1.82) is 0 Å². The number of aliphatic hydroxyl groups is 1. The summed E-state index contributed by atoms with van der Waals surface area (Å²) in [6, 6.07) is -2.60. The molecule has 116 valence electrons. The van der Waals surface area contributed by atoms with Crippen LogP contribution in [0, 0.1) is 5.89 Å². The van der Waals surface area contributed by atoms with Crippen LogP contribution in [0.25, 0.3) is 0 Å². The highest BCUT2D eigenvalue weighted by Gasteiger charge is 2.64. The molecule has 1 aromatic carbocycles. The van der Waals surface area contributed by atoms with Gasteiger partial charge in [0, 0.05) is 29.7 Å². The van der Waals surface area contributed by atoms with Crippen molar-refractivity contribution in [2.75, 3.05) is 20.6 Å². The number of aliphatic hydroxyl groups excluding tert-OH is 1. The van der Waals surface area contributed by atoms with Crippen molar-refractivity contribution in [2.24, 2.45) is 5.89 Å². The minimum absolute atomic E-state index is 0.0345. The van der Waals surface area contributed by atoms with Gasteiger partial charge in [-0.15, -0.1) is 0 Å².